The molecule has 0 saturated heterocycles. The van der Waals surface area contributed by atoms with Crippen LogP contribution in [0.4, 0.5) is 5.69 Å². The smallest absolute Gasteiger partial charge is 0.221 e. The molecule has 1 amide bonds. The first-order chi connectivity index (χ1) is 9.49. The average Bonchev–Trinajstić information content (AvgIpc) is 2.36. The molecule has 0 aliphatic rings. The summed E-state index contributed by atoms with van der Waals surface area (Å²) < 4.78 is 5.55. The fourth-order valence-corrected chi connectivity index (χ4v) is 1.67. The van der Waals surface area contributed by atoms with Crippen molar-refractivity contribution in [3.05, 3.63) is 24.3 Å². The predicted molar refractivity (Wildman–Crippen MR) is 80.0 cm³/mol. The summed E-state index contributed by atoms with van der Waals surface area (Å²) in [5.74, 6) is 0.953. The number of benzene rings is 1. The van der Waals surface area contributed by atoms with Gasteiger partial charge in [0.1, 0.15) is 18.5 Å². The van der Waals surface area contributed by atoms with Gasteiger partial charge in [-0.15, -0.1) is 0 Å². The van der Waals surface area contributed by atoms with Crippen LogP contribution in [-0.4, -0.2) is 36.8 Å². The fourth-order valence-electron chi connectivity index (χ4n) is 1.67. The Hall–Kier alpha value is -1.59. The van der Waals surface area contributed by atoms with Crippen molar-refractivity contribution in [1.29, 1.82) is 0 Å². The van der Waals surface area contributed by atoms with Gasteiger partial charge in [0.05, 0.1) is 5.69 Å². The molecule has 0 saturated carbocycles. The van der Waals surface area contributed by atoms with Gasteiger partial charge in [0, 0.05) is 13.5 Å². The number of hydrogen-bond acceptors (Lipinski definition) is 4. The number of carbonyl (C=O) groups is 1. The largest absolute Gasteiger partial charge is 0.489 e. The summed E-state index contributed by atoms with van der Waals surface area (Å²) in [6, 6.07) is 7.17. The Kier molecular flexibility index (Phi) is 7.04. The Morgan fingerprint density at radius 2 is 2.00 bits per heavy atom. The van der Waals surface area contributed by atoms with Gasteiger partial charge in [-0.25, -0.2) is 0 Å². The normalized spacial score (nSPS) is 12.2. The summed E-state index contributed by atoms with van der Waals surface area (Å²) in [5.41, 5.74) is 0.613. The summed E-state index contributed by atoms with van der Waals surface area (Å²) in [7, 11) is 0. The van der Waals surface area contributed by atoms with E-state index in [4.69, 9.17) is 4.74 Å². The first-order valence-electron chi connectivity index (χ1n) is 6.87. The van der Waals surface area contributed by atoms with Crippen molar-refractivity contribution in [3.8, 4) is 5.75 Å². The molecule has 3 N–H and O–H groups in total. The Bertz CT molecular complexity index is 421. The molecule has 1 rings (SSSR count). The molecule has 0 radical (unpaired) electrons. The summed E-state index contributed by atoms with van der Waals surface area (Å²) in [6.07, 6.45) is -0.584. The number of rotatable bonds is 8. The van der Waals surface area contributed by atoms with Crippen LogP contribution in [0.3, 0.4) is 0 Å². The highest BCUT2D eigenvalue weighted by molar-refractivity contribution is 5.90. The van der Waals surface area contributed by atoms with Crippen LogP contribution in [0.1, 0.15) is 20.8 Å². The zero-order valence-corrected chi connectivity index (χ0v) is 12.3. The molecule has 5 heteroatoms. The monoisotopic (exact) mass is 280 g/mol. The van der Waals surface area contributed by atoms with E-state index in [1.807, 2.05) is 12.1 Å². The number of ether oxygens (including phenoxy) is 1. The average molecular weight is 280 g/mol. The maximum atomic E-state index is 11.1. The zero-order chi connectivity index (χ0) is 15.0. The van der Waals surface area contributed by atoms with Crippen molar-refractivity contribution in [2.75, 3.05) is 25.0 Å². The lowest BCUT2D eigenvalue weighted by atomic mass is 10.2. The van der Waals surface area contributed by atoms with E-state index >= 15 is 0 Å². The molecule has 0 bridgehead atoms. The van der Waals surface area contributed by atoms with E-state index in [9.17, 15) is 9.90 Å². The van der Waals surface area contributed by atoms with Crippen LogP contribution in [0.25, 0.3) is 0 Å². The molecule has 0 aliphatic heterocycles. The van der Waals surface area contributed by atoms with Gasteiger partial charge in [-0.1, -0.05) is 26.0 Å². The first kappa shape index (κ1) is 16.5. The third-order valence-corrected chi connectivity index (χ3v) is 2.56. The summed E-state index contributed by atoms with van der Waals surface area (Å²) in [4.78, 5) is 11.1. The number of hydrogen-bond donors (Lipinski definition) is 3. The highest BCUT2D eigenvalue weighted by Gasteiger charge is 2.08. The Labute approximate surface area is 120 Å². The second kappa shape index (κ2) is 8.55. The van der Waals surface area contributed by atoms with Crippen molar-refractivity contribution in [2.24, 2.45) is 5.92 Å². The molecule has 0 heterocycles. The lowest BCUT2D eigenvalue weighted by Gasteiger charge is -2.16. The Balaban J connectivity index is 2.42. The molecule has 112 valence electrons. The Morgan fingerprint density at radius 1 is 1.30 bits per heavy atom. The van der Waals surface area contributed by atoms with Crippen LogP contribution >= 0.6 is 0 Å². The lowest BCUT2D eigenvalue weighted by molar-refractivity contribution is -0.114. The molecule has 20 heavy (non-hydrogen) atoms. The molecule has 1 atom stereocenters. The number of aliphatic hydroxyl groups excluding tert-OH is 1. The van der Waals surface area contributed by atoms with E-state index in [1.54, 1.807) is 12.1 Å². The van der Waals surface area contributed by atoms with Crippen LogP contribution in [0.2, 0.25) is 0 Å². The minimum Gasteiger partial charge on any atom is -0.489 e. The zero-order valence-electron chi connectivity index (χ0n) is 12.3. The third-order valence-electron chi connectivity index (χ3n) is 2.56. The van der Waals surface area contributed by atoms with Crippen molar-refractivity contribution in [3.63, 3.8) is 0 Å². The molecular weight excluding hydrogens is 256 g/mol. The van der Waals surface area contributed by atoms with E-state index in [-0.39, 0.29) is 12.5 Å². The van der Waals surface area contributed by atoms with Crippen molar-refractivity contribution >= 4 is 11.6 Å². The van der Waals surface area contributed by atoms with Gasteiger partial charge in [0.2, 0.25) is 5.91 Å². The van der Waals surface area contributed by atoms with E-state index in [0.29, 0.717) is 23.9 Å². The maximum absolute atomic E-state index is 11.1. The lowest BCUT2D eigenvalue weighted by Crippen LogP contribution is -2.33. The van der Waals surface area contributed by atoms with Gasteiger partial charge >= 0.3 is 0 Å². The van der Waals surface area contributed by atoms with Gasteiger partial charge in [-0.3, -0.25) is 4.79 Å². The number of nitrogens with one attached hydrogen (secondary N) is 2. The van der Waals surface area contributed by atoms with Crippen LogP contribution in [0.5, 0.6) is 5.75 Å². The van der Waals surface area contributed by atoms with E-state index < -0.39 is 6.10 Å². The second-order valence-corrected chi connectivity index (χ2v) is 5.19. The molecule has 1 aromatic carbocycles. The molecular formula is C15H24N2O3. The minimum atomic E-state index is -0.584. The Morgan fingerprint density at radius 3 is 2.65 bits per heavy atom. The number of amides is 1. The molecule has 1 unspecified atom stereocenters. The summed E-state index contributed by atoms with van der Waals surface area (Å²) in [6.45, 7) is 7.20. The standard InChI is InChI=1S/C15H24N2O3/c1-11(2)8-16-9-13(19)10-20-15-7-5-4-6-14(15)17-12(3)18/h4-7,11,13,16,19H,8-10H2,1-3H3,(H,17,18). The fraction of sp³-hybridized carbons (Fsp3) is 0.533. The maximum Gasteiger partial charge on any atom is 0.221 e. The van der Waals surface area contributed by atoms with Crippen LogP contribution in [0, 0.1) is 5.92 Å². The highest BCUT2D eigenvalue weighted by atomic mass is 16.5. The van der Waals surface area contributed by atoms with Crippen LogP contribution in [0.15, 0.2) is 24.3 Å². The van der Waals surface area contributed by atoms with Crippen molar-refractivity contribution in [1.82, 2.24) is 5.32 Å². The summed E-state index contributed by atoms with van der Waals surface area (Å²) in [5, 5.41) is 15.7. The molecule has 0 aromatic heterocycles. The topological polar surface area (TPSA) is 70.6 Å². The molecule has 0 aliphatic carbocycles. The van der Waals surface area contributed by atoms with E-state index in [2.05, 4.69) is 24.5 Å². The van der Waals surface area contributed by atoms with Gasteiger partial charge in [-0.05, 0) is 24.6 Å². The summed E-state index contributed by atoms with van der Waals surface area (Å²) >= 11 is 0. The number of anilines is 1. The molecule has 5 nitrogen and oxygen atoms in total. The highest BCUT2D eigenvalue weighted by Crippen LogP contribution is 2.23. The number of aliphatic hydroxyl groups is 1. The van der Waals surface area contributed by atoms with Crippen LogP contribution in [-0.2, 0) is 4.79 Å². The predicted octanol–water partition coefficient (Wildman–Crippen LogP) is 1.63. The van der Waals surface area contributed by atoms with Gasteiger partial charge < -0.3 is 20.5 Å². The van der Waals surface area contributed by atoms with Gasteiger partial charge in [-0.2, -0.15) is 0 Å². The number of carbonyl (C=O) groups excluding carboxylic acids is 1. The van der Waals surface area contributed by atoms with Crippen molar-refractivity contribution in [2.45, 2.75) is 26.9 Å². The van der Waals surface area contributed by atoms with Gasteiger partial charge in [0.15, 0.2) is 0 Å². The second-order valence-electron chi connectivity index (χ2n) is 5.19. The van der Waals surface area contributed by atoms with Crippen molar-refractivity contribution < 1.29 is 14.6 Å². The quantitative estimate of drug-likeness (QED) is 0.677. The van der Waals surface area contributed by atoms with Crippen LogP contribution < -0.4 is 15.4 Å². The third kappa shape index (κ3) is 6.54. The molecule has 1 aromatic rings. The first-order valence-corrected chi connectivity index (χ1v) is 6.87. The minimum absolute atomic E-state index is 0.153. The molecule has 0 fully saturated rings. The van der Waals surface area contributed by atoms with E-state index in [1.165, 1.54) is 6.92 Å². The SMILES string of the molecule is CC(=O)Nc1ccccc1OCC(O)CNCC(C)C. The van der Waals surface area contributed by atoms with Gasteiger partial charge in [0.25, 0.3) is 0 Å². The van der Waals surface area contributed by atoms with E-state index in [0.717, 1.165) is 6.54 Å². The number of para-hydroxylation sites is 2. The molecule has 0 spiro atoms.